The van der Waals surface area contributed by atoms with Crippen LogP contribution in [0.15, 0.2) is 182 Å². The molecule has 0 radical (unpaired) electrons. The van der Waals surface area contributed by atoms with Crippen molar-refractivity contribution in [3.8, 4) is 66.8 Å². The summed E-state index contributed by atoms with van der Waals surface area (Å²) >= 11 is 0. The fourth-order valence-electron chi connectivity index (χ4n) is 11.2. The van der Waals surface area contributed by atoms with E-state index in [-0.39, 0.29) is 0 Å². The first-order valence-corrected chi connectivity index (χ1v) is 22.3. The van der Waals surface area contributed by atoms with Gasteiger partial charge in [-0.2, -0.15) is 0 Å². The topological polar surface area (TPSA) is 0 Å². The average molecular weight is 795 g/mol. The quantitative estimate of drug-likeness (QED) is 0.157. The minimum atomic E-state index is 0.832. The maximum Gasteiger partial charge on any atom is -0.000696 e. The Bertz CT molecular complexity index is 2930. The fourth-order valence-corrected chi connectivity index (χ4v) is 11.2. The highest BCUT2D eigenvalue weighted by Crippen LogP contribution is 2.55. The normalized spacial score (nSPS) is 12.6. The van der Waals surface area contributed by atoms with Crippen molar-refractivity contribution < 1.29 is 0 Å². The van der Waals surface area contributed by atoms with Gasteiger partial charge in [0.05, 0.1) is 0 Å². The molecule has 0 heterocycles. The van der Waals surface area contributed by atoms with Crippen LogP contribution in [0.2, 0.25) is 0 Å². The lowest BCUT2D eigenvalue weighted by Gasteiger charge is -2.37. The van der Waals surface area contributed by atoms with E-state index in [1.54, 1.807) is 0 Å². The Morgan fingerprint density at radius 2 is 0.387 bits per heavy atom. The molecule has 0 N–H and O–H groups in total. The third-order valence-electron chi connectivity index (χ3n) is 14.4. The van der Waals surface area contributed by atoms with E-state index in [1.165, 1.54) is 134 Å². The SMILES string of the molecule is Cc1c(C)c(C)c2c(c1C)Cc1c(c(-c3ccccc3)c3c(c1-c1ccccc1)Cc1c(c(-c4ccccc4)c(-c4ccccc4)c(-c4ccccc4)c1-c1ccccc1)C3)C2. The first kappa shape index (κ1) is 37.9. The number of hydrogen-bond donors (Lipinski definition) is 0. The molecule has 0 saturated heterocycles. The van der Waals surface area contributed by atoms with Gasteiger partial charge in [-0.3, -0.25) is 0 Å². The zero-order valence-electron chi connectivity index (χ0n) is 36.1. The summed E-state index contributed by atoms with van der Waals surface area (Å²) < 4.78 is 0. The second-order valence-corrected chi connectivity index (χ2v) is 17.5. The summed E-state index contributed by atoms with van der Waals surface area (Å²) in [6.45, 7) is 9.39. The molecule has 0 spiro atoms. The Hall–Kier alpha value is -7.02. The highest BCUT2D eigenvalue weighted by molar-refractivity contribution is 6.05. The smallest absolute Gasteiger partial charge is 0.000696 e. The molecule has 0 heteroatoms. The van der Waals surface area contributed by atoms with Crippen molar-refractivity contribution in [2.75, 3.05) is 0 Å². The van der Waals surface area contributed by atoms with Gasteiger partial charge in [-0.15, -0.1) is 0 Å². The van der Waals surface area contributed by atoms with Crippen molar-refractivity contribution in [3.63, 3.8) is 0 Å². The van der Waals surface area contributed by atoms with Crippen molar-refractivity contribution in [1.29, 1.82) is 0 Å². The summed E-state index contributed by atoms with van der Waals surface area (Å²) in [7, 11) is 0. The number of rotatable bonds is 6. The summed E-state index contributed by atoms with van der Waals surface area (Å²) in [6.07, 6.45) is 3.54. The molecule has 0 unspecified atom stereocenters. The Labute approximate surface area is 367 Å². The molecular weight excluding hydrogens is 745 g/mol. The van der Waals surface area contributed by atoms with E-state index in [4.69, 9.17) is 0 Å². The third-order valence-corrected chi connectivity index (χ3v) is 14.4. The summed E-state index contributed by atoms with van der Waals surface area (Å²) in [4.78, 5) is 0. The van der Waals surface area contributed by atoms with Crippen LogP contribution in [0.25, 0.3) is 66.8 Å². The molecule has 0 saturated carbocycles. The lowest BCUT2D eigenvalue weighted by atomic mass is 9.66. The zero-order valence-corrected chi connectivity index (χ0v) is 36.1. The van der Waals surface area contributed by atoms with Crippen molar-refractivity contribution in [2.24, 2.45) is 0 Å². The Morgan fingerprint density at radius 3 is 0.645 bits per heavy atom. The molecule has 2 aliphatic rings. The van der Waals surface area contributed by atoms with Crippen LogP contribution in [0.5, 0.6) is 0 Å². The predicted octanol–water partition coefficient (Wildman–Crippen LogP) is 15.9. The van der Waals surface area contributed by atoms with Gasteiger partial charge in [0.15, 0.2) is 0 Å². The average Bonchev–Trinajstić information content (AvgIpc) is 3.34. The summed E-state index contributed by atoms with van der Waals surface area (Å²) in [5.41, 5.74) is 33.5. The van der Waals surface area contributed by atoms with Crippen LogP contribution in [0, 0.1) is 27.7 Å². The van der Waals surface area contributed by atoms with Crippen LogP contribution in [-0.4, -0.2) is 0 Å². The molecule has 62 heavy (non-hydrogen) atoms. The van der Waals surface area contributed by atoms with Crippen LogP contribution in [0.1, 0.15) is 66.8 Å². The monoisotopic (exact) mass is 794 g/mol. The van der Waals surface area contributed by atoms with Gasteiger partial charge in [0.2, 0.25) is 0 Å². The van der Waals surface area contributed by atoms with E-state index in [0.29, 0.717) is 0 Å². The first-order chi connectivity index (χ1) is 30.5. The van der Waals surface area contributed by atoms with Crippen LogP contribution >= 0.6 is 0 Å². The maximum absolute atomic E-state index is 2.37. The second-order valence-electron chi connectivity index (χ2n) is 17.5. The van der Waals surface area contributed by atoms with Crippen LogP contribution in [0.3, 0.4) is 0 Å². The maximum atomic E-state index is 2.37. The van der Waals surface area contributed by atoms with Gasteiger partial charge in [0, 0.05) is 0 Å². The van der Waals surface area contributed by atoms with E-state index in [2.05, 4.69) is 210 Å². The number of hydrogen-bond acceptors (Lipinski definition) is 0. The van der Waals surface area contributed by atoms with Crippen LogP contribution in [-0.2, 0) is 25.7 Å². The molecule has 0 aliphatic heterocycles. The largest absolute Gasteiger partial charge is 0.0622 e. The molecule has 298 valence electrons. The molecule has 0 nitrogen and oxygen atoms in total. The van der Waals surface area contributed by atoms with Gasteiger partial charge in [-0.1, -0.05) is 182 Å². The van der Waals surface area contributed by atoms with E-state index in [1.807, 2.05) is 0 Å². The Kier molecular flexibility index (Phi) is 9.46. The summed E-state index contributed by atoms with van der Waals surface area (Å²) in [6, 6.07) is 67.6. The third kappa shape index (κ3) is 6.12. The summed E-state index contributed by atoms with van der Waals surface area (Å²) in [5.74, 6) is 0. The minimum Gasteiger partial charge on any atom is -0.0622 e. The van der Waals surface area contributed by atoms with Gasteiger partial charge in [-0.25, -0.2) is 0 Å². The van der Waals surface area contributed by atoms with Gasteiger partial charge < -0.3 is 0 Å². The standard InChI is InChI=1S/C62H50/c1-39-40(2)42(4)50-36-52-51(35-49(50)41(39)3)57(43-23-11-5-12-24-43)53-37-55-56(38-54(53)58(52)44-25-13-6-14-26-44)60(46-29-17-8-18-30-46)62(48-33-21-10-22-34-48)61(47-31-19-9-20-32-47)59(55)45-27-15-7-16-28-45/h5-34H,35-38H2,1-4H3. The molecular formula is C62H50. The first-order valence-electron chi connectivity index (χ1n) is 22.3. The summed E-state index contributed by atoms with van der Waals surface area (Å²) in [5, 5.41) is 0. The molecule has 0 aromatic heterocycles. The van der Waals surface area contributed by atoms with Crippen LogP contribution in [0.4, 0.5) is 0 Å². The van der Waals surface area contributed by atoms with Gasteiger partial charge >= 0.3 is 0 Å². The van der Waals surface area contributed by atoms with E-state index in [9.17, 15) is 0 Å². The molecule has 0 fully saturated rings. The molecule has 9 aromatic carbocycles. The predicted molar refractivity (Wildman–Crippen MR) is 262 cm³/mol. The van der Waals surface area contributed by atoms with Crippen molar-refractivity contribution >= 4 is 0 Å². The van der Waals surface area contributed by atoms with Crippen molar-refractivity contribution in [3.05, 3.63) is 249 Å². The molecule has 0 bridgehead atoms. The van der Waals surface area contributed by atoms with Gasteiger partial charge in [0.1, 0.15) is 0 Å². The van der Waals surface area contributed by atoms with Crippen molar-refractivity contribution in [2.45, 2.75) is 53.4 Å². The molecule has 0 amide bonds. The number of fused-ring (bicyclic) bond motifs is 4. The van der Waals surface area contributed by atoms with E-state index in [0.717, 1.165) is 25.7 Å². The molecule has 9 aromatic rings. The molecule has 2 aliphatic carbocycles. The lowest BCUT2D eigenvalue weighted by molar-refractivity contribution is 0.931. The highest BCUT2D eigenvalue weighted by Gasteiger charge is 2.36. The van der Waals surface area contributed by atoms with Gasteiger partial charge in [0.25, 0.3) is 0 Å². The second kappa shape index (κ2) is 15.5. The molecule has 0 atom stereocenters. The Morgan fingerprint density at radius 1 is 0.194 bits per heavy atom. The fraction of sp³-hybridized carbons (Fsp3) is 0.129. The minimum absolute atomic E-state index is 0.832. The van der Waals surface area contributed by atoms with Crippen molar-refractivity contribution in [1.82, 2.24) is 0 Å². The van der Waals surface area contributed by atoms with Crippen LogP contribution < -0.4 is 0 Å². The Balaban J connectivity index is 1.32. The lowest BCUT2D eigenvalue weighted by Crippen LogP contribution is -2.21. The van der Waals surface area contributed by atoms with E-state index < -0.39 is 0 Å². The highest BCUT2D eigenvalue weighted by atomic mass is 14.4. The van der Waals surface area contributed by atoms with E-state index >= 15 is 0 Å². The number of benzene rings is 9. The zero-order chi connectivity index (χ0) is 41.9. The van der Waals surface area contributed by atoms with Gasteiger partial charge in [-0.05, 0) is 187 Å². The molecule has 11 rings (SSSR count).